The number of rotatable bonds is 21. The third-order valence-corrected chi connectivity index (χ3v) is 14.5. The topological polar surface area (TPSA) is 61.8 Å². The van der Waals surface area contributed by atoms with Gasteiger partial charge in [0.05, 0.1) is 12.2 Å². The first kappa shape index (κ1) is 36.9. The number of hydrogen-bond acceptors (Lipinski definition) is 5. The molecule has 5 nitrogen and oxygen atoms in total. The number of Topliss-reactive ketones (excluding diaryl/α,β-unsaturated/α-hetero) is 1. The van der Waals surface area contributed by atoms with E-state index in [1.54, 1.807) is 13.2 Å². The highest BCUT2D eigenvalue weighted by molar-refractivity contribution is 6.77. The van der Waals surface area contributed by atoms with E-state index in [0.717, 1.165) is 37.5 Å². The van der Waals surface area contributed by atoms with Crippen LogP contribution < -0.4 is 0 Å². The van der Waals surface area contributed by atoms with Gasteiger partial charge in [0.1, 0.15) is 18.9 Å². The molecule has 0 spiro atoms. The summed E-state index contributed by atoms with van der Waals surface area (Å²) in [6.07, 6.45) is 5.91. The van der Waals surface area contributed by atoms with E-state index in [1.165, 1.54) is 5.57 Å². The lowest BCUT2D eigenvalue weighted by Gasteiger charge is -2.45. The van der Waals surface area contributed by atoms with E-state index in [4.69, 9.17) is 13.9 Å². The Labute approximate surface area is 236 Å². The van der Waals surface area contributed by atoms with Gasteiger partial charge in [0.2, 0.25) is 8.32 Å². The van der Waals surface area contributed by atoms with E-state index in [9.17, 15) is 9.59 Å². The van der Waals surface area contributed by atoms with Crippen LogP contribution in [0.3, 0.4) is 0 Å². The molecule has 0 unspecified atom stereocenters. The minimum Gasteiger partial charge on any atom is -0.409 e. The lowest BCUT2D eigenvalue weighted by atomic mass is 9.85. The molecule has 0 heterocycles. The predicted octanol–water partition coefficient (Wildman–Crippen LogP) is 8.69. The second-order valence-corrected chi connectivity index (χ2v) is 17.9. The molecule has 0 rings (SSSR count). The zero-order chi connectivity index (χ0) is 29.6. The van der Waals surface area contributed by atoms with Gasteiger partial charge in [-0.15, -0.1) is 0 Å². The van der Waals surface area contributed by atoms with Crippen molar-refractivity contribution in [2.75, 3.05) is 13.9 Å². The Kier molecular flexibility index (Phi) is 17.8. The number of carbonyl (C=O) groups excluding carboxylic acids is 2. The summed E-state index contributed by atoms with van der Waals surface area (Å²) in [6, 6.07) is 0. The second kappa shape index (κ2) is 18.3. The van der Waals surface area contributed by atoms with Gasteiger partial charge in [-0.2, -0.15) is 0 Å². The van der Waals surface area contributed by atoms with Crippen molar-refractivity contribution < 1.29 is 23.5 Å². The SMILES string of the molecule is C=C(CC)[C@H](C)C[C@@H](C[C@@H](C)C[C@@H](C)C(=O)C[C@@H](O[Si](C(C)C)(C(C)C)C(C)C)/C(C)=C/C=O)OCOC. The zero-order valence-corrected chi connectivity index (χ0v) is 27.8. The largest absolute Gasteiger partial charge is 0.409 e. The van der Waals surface area contributed by atoms with Crippen molar-refractivity contribution in [3.63, 3.8) is 0 Å². The maximum Gasteiger partial charge on any atom is 0.201 e. The Hall–Kier alpha value is -1.08. The molecule has 0 aliphatic carbocycles. The van der Waals surface area contributed by atoms with E-state index >= 15 is 0 Å². The first-order valence-corrected chi connectivity index (χ1v) is 16.9. The fraction of sp³-hybridized carbons (Fsp3) is 0.812. The Morgan fingerprint density at radius 1 is 0.895 bits per heavy atom. The molecule has 0 radical (unpaired) electrons. The molecule has 5 atom stereocenters. The number of aldehydes is 1. The summed E-state index contributed by atoms with van der Waals surface area (Å²) in [5.74, 6) is 0.798. The molecule has 0 aromatic rings. The molecule has 0 amide bonds. The summed E-state index contributed by atoms with van der Waals surface area (Å²) in [4.78, 5) is 24.8. The third-order valence-electron chi connectivity index (χ3n) is 8.44. The average molecular weight is 553 g/mol. The van der Waals surface area contributed by atoms with Gasteiger partial charge in [0.25, 0.3) is 0 Å². The van der Waals surface area contributed by atoms with Crippen molar-refractivity contribution in [3.8, 4) is 0 Å². The molecule has 6 heteroatoms. The number of carbonyl (C=O) groups is 2. The summed E-state index contributed by atoms with van der Waals surface area (Å²) in [5.41, 5.74) is 3.27. The molecule has 0 saturated carbocycles. The highest BCUT2D eigenvalue weighted by atomic mass is 28.4. The van der Waals surface area contributed by atoms with Gasteiger partial charge in [0.15, 0.2) is 0 Å². The maximum absolute atomic E-state index is 13.5. The van der Waals surface area contributed by atoms with Crippen LogP contribution in [0.5, 0.6) is 0 Å². The summed E-state index contributed by atoms with van der Waals surface area (Å²) in [6.45, 7) is 28.4. The molecule has 0 aromatic heterocycles. The molecule has 0 aliphatic heterocycles. The van der Waals surface area contributed by atoms with Gasteiger partial charge in [0, 0.05) is 19.4 Å². The van der Waals surface area contributed by atoms with Crippen LogP contribution in [-0.4, -0.2) is 46.5 Å². The van der Waals surface area contributed by atoms with Gasteiger partial charge in [-0.25, -0.2) is 0 Å². The molecule has 0 N–H and O–H groups in total. The van der Waals surface area contributed by atoms with Gasteiger partial charge in [-0.05, 0) is 72.7 Å². The number of allylic oxidation sites excluding steroid dienone is 2. The lowest BCUT2D eigenvalue weighted by Crippen LogP contribution is -2.50. The minimum atomic E-state index is -2.22. The number of hydrogen-bond donors (Lipinski definition) is 0. The fourth-order valence-electron chi connectivity index (χ4n) is 6.13. The summed E-state index contributed by atoms with van der Waals surface area (Å²) >= 11 is 0. The smallest absolute Gasteiger partial charge is 0.201 e. The highest BCUT2D eigenvalue weighted by Gasteiger charge is 2.47. The van der Waals surface area contributed by atoms with Crippen molar-refractivity contribution in [3.05, 3.63) is 23.8 Å². The molecule has 0 fully saturated rings. The number of ketones is 1. The van der Waals surface area contributed by atoms with Crippen LogP contribution in [0.15, 0.2) is 23.8 Å². The van der Waals surface area contributed by atoms with E-state index in [-0.39, 0.29) is 30.7 Å². The molecular weight excluding hydrogens is 492 g/mol. The number of methoxy groups -OCH3 is 1. The van der Waals surface area contributed by atoms with E-state index in [1.807, 2.05) is 13.8 Å². The second-order valence-electron chi connectivity index (χ2n) is 12.5. The molecule has 0 bridgehead atoms. The Bertz CT molecular complexity index is 720. The average Bonchev–Trinajstić information content (AvgIpc) is 2.83. The molecule has 0 saturated heterocycles. The first-order valence-electron chi connectivity index (χ1n) is 14.8. The fourth-order valence-corrected chi connectivity index (χ4v) is 11.7. The van der Waals surface area contributed by atoms with Gasteiger partial charge < -0.3 is 13.9 Å². The Balaban J connectivity index is 5.58. The van der Waals surface area contributed by atoms with Crippen LogP contribution in [0.25, 0.3) is 0 Å². The third kappa shape index (κ3) is 11.6. The quantitative estimate of drug-likeness (QED) is 0.0468. The minimum absolute atomic E-state index is 0.0640. The van der Waals surface area contributed by atoms with Crippen LogP contribution in [0.4, 0.5) is 0 Å². The number of ether oxygens (including phenoxy) is 2. The molecule has 222 valence electrons. The van der Waals surface area contributed by atoms with Gasteiger partial charge in [-0.1, -0.05) is 81.4 Å². The van der Waals surface area contributed by atoms with Crippen LogP contribution in [-0.2, 0) is 23.5 Å². The highest BCUT2D eigenvalue weighted by Crippen LogP contribution is 2.44. The van der Waals surface area contributed by atoms with Crippen molar-refractivity contribution in [1.29, 1.82) is 0 Å². The van der Waals surface area contributed by atoms with Gasteiger partial charge >= 0.3 is 0 Å². The van der Waals surface area contributed by atoms with Crippen molar-refractivity contribution in [1.82, 2.24) is 0 Å². The summed E-state index contributed by atoms with van der Waals surface area (Å²) < 4.78 is 18.2. The lowest BCUT2D eigenvalue weighted by molar-refractivity contribution is -0.124. The van der Waals surface area contributed by atoms with Gasteiger partial charge in [-0.3, -0.25) is 9.59 Å². The summed E-state index contributed by atoms with van der Waals surface area (Å²) in [7, 11) is -0.580. The Morgan fingerprint density at radius 2 is 1.45 bits per heavy atom. The van der Waals surface area contributed by atoms with E-state index in [0.29, 0.717) is 34.9 Å². The zero-order valence-electron chi connectivity index (χ0n) is 26.8. The van der Waals surface area contributed by atoms with Crippen LogP contribution in [0.2, 0.25) is 16.6 Å². The van der Waals surface area contributed by atoms with Crippen LogP contribution >= 0.6 is 0 Å². The maximum atomic E-state index is 13.5. The Morgan fingerprint density at radius 3 is 1.89 bits per heavy atom. The van der Waals surface area contributed by atoms with Crippen LogP contribution in [0, 0.1) is 17.8 Å². The standard InChI is InChI=1S/C32H60O5Si/c1-14-26(9)28(11)19-30(36-21-35-13)18-25(8)17-29(12)31(34)20-32(27(10)15-16-33)37-38(22(2)3,23(4)5)24(6)7/h15-16,22-25,28-30,32H,9,14,17-21H2,1-8,10-13H3/b27-15+/t25-,28+,29+,30+,32+/m0/s1. The van der Waals surface area contributed by atoms with E-state index in [2.05, 4.69) is 68.9 Å². The molecule has 38 heavy (non-hydrogen) atoms. The molecular formula is C32H60O5Si. The van der Waals surface area contributed by atoms with Crippen molar-refractivity contribution in [2.24, 2.45) is 17.8 Å². The van der Waals surface area contributed by atoms with E-state index < -0.39 is 8.32 Å². The van der Waals surface area contributed by atoms with Crippen molar-refractivity contribution in [2.45, 2.75) is 137 Å². The molecule has 0 aliphatic rings. The normalized spacial score (nSPS) is 17.0. The first-order chi connectivity index (χ1) is 17.7. The van der Waals surface area contributed by atoms with Crippen molar-refractivity contribution >= 4 is 20.4 Å². The molecule has 0 aromatic carbocycles. The predicted molar refractivity (Wildman–Crippen MR) is 163 cm³/mol. The summed E-state index contributed by atoms with van der Waals surface area (Å²) in [5, 5.41) is 0. The van der Waals surface area contributed by atoms with Crippen LogP contribution in [0.1, 0.15) is 108 Å². The monoisotopic (exact) mass is 552 g/mol.